The molecule has 1 unspecified atom stereocenters. The Labute approximate surface area is 110 Å². The van der Waals surface area contributed by atoms with E-state index in [9.17, 15) is 0 Å². The largest absolute Gasteiger partial charge is 0.486 e. The van der Waals surface area contributed by atoms with Gasteiger partial charge in [-0.05, 0) is 56.0 Å². The van der Waals surface area contributed by atoms with Crippen LogP contribution in [0.5, 0.6) is 5.75 Å². The summed E-state index contributed by atoms with van der Waals surface area (Å²) in [6, 6.07) is 8.44. The Balaban J connectivity index is 1.83. The van der Waals surface area contributed by atoms with Crippen molar-refractivity contribution in [3.8, 4) is 5.75 Å². The number of nitrogens with one attached hydrogen (secondary N) is 1. The Kier molecular flexibility index (Phi) is 5.28. The van der Waals surface area contributed by atoms with Crippen LogP contribution in [0.25, 0.3) is 0 Å². The number of benzene rings is 1. The van der Waals surface area contributed by atoms with Crippen LogP contribution in [0.15, 0.2) is 36.4 Å². The van der Waals surface area contributed by atoms with Gasteiger partial charge in [0.15, 0.2) is 0 Å². The first-order chi connectivity index (χ1) is 8.88. The van der Waals surface area contributed by atoms with Crippen LogP contribution >= 0.6 is 0 Å². The van der Waals surface area contributed by atoms with E-state index in [2.05, 4.69) is 48.7 Å². The monoisotopic (exact) mass is 245 g/mol. The molecule has 18 heavy (non-hydrogen) atoms. The van der Waals surface area contributed by atoms with Crippen LogP contribution in [0.1, 0.15) is 38.2 Å². The molecule has 0 bridgehead atoms. The van der Waals surface area contributed by atoms with Gasteiger partial charge in [0, 0.05) is 6.54 Å². The second-order valence-electron chi connectivity index (χ2n) is 4.84. The van der Waals surface area contributed by atoms with Gasteiger partial charge in [0.2, 0.25) is 0 Å². The molecular formula is C16H23NO. The summed E-state index contributed by atoms with van der Waals surface area (Å²) in [4.78, 5) is 0. The molecule has 1 aromatic rings. The Morgan fingerprint density at radius 3 is 2.78 bits per heavy atom. The van der Waals surface area contributed by atoms with E-state index in [0.29, 0.717) is 0 Å². The van der Waals surface area contributed by atoms with Crippen molar-refractivity contribution >= 4 is 0 Å². The van der Waals surface area contributed by atoms with Gasteiger partial charge in [-0.15, -0.1) is 0 Å². The van der Waals surface area contributed by atoms with Gasteiger partial charge >= 0.3 is 0 Å². The van der Waals surface area contributed by atoms with E-state index in [1.807, 2.05) is 0 Å². The molecule has 0 spiro atoms. The fraction of sp³-hybridized carbons (Fsp3) is 0.500. The van der Waals surface area contributed by atoms with E-state index in [4.69, 9.17) is 4.74 Å². The van der Waals surface area contributed by atoms with Crippen LogP contribution in [-0.2, 0) is 6.54 Å². The van der Waals surface area contributed by atoms with Gasteiger partial charge in [0.1, 0.15) is 11.9 Å². The minimum atomic E-state index is 0.266. The Bertz CT molecular complexity index is 369. The zero-order valence-electron chi connectivity index (χ0n) is 11.2. The first kappa shape index (κ1) is 13.2. The summed E-state index contributed by atoms with van der Waals surface area (Å²) in [5, 5.41) is 3.40. The van der Waals surface area contributed by atoms with E-state index in [0.717, 1.165) is 25.3 Å². The van der Waals surface area contributed by atoms with Gasteiger partial charge < -0.3 is 10.1 Å². The second kappa shape index (κ2) is 7.22. The lowest BCUT2D eigenvalue weighted by molar-refractivity contribution is 0.230. The zero-order chi connectivity index (χ0) is 12.6. The maximum Gasteiger partial charge on any atom is 0.120 e. The summed E-state index contributed by atoms with van der Waals surface area (Å²) in [6.07, 6.45) is 9.41. The lowest BCUT2D eigenvalue weighted by Gasteiger charge is -2.18. The van der Waals surface area contributed by atoms with Crippen LogP contribution in [0.2, 0.25) is 0 Å². The Morgan fingerprint density at radius 1 is 1.28 bits per heavy atom. The first-order valence-electron chi connectivity index (χ1n) is 7.01. The molecule has 0 saturated heterocycles. The highest BCUT2D eigenvalue weighted by Crippen LogP contribution is 2.19. The minimum Gasteiger partial charge on any atom is -0.486 e. The fourth-order valence-corrected chi connectivity index (χ4v) is 2.15. The van der Waals surface area contributed by atoms with Crippen molar-refractivity contribution < 1.29 is 4.74 Å². The summed E-state index contributed by atoms with van der Waals surface area (Å²) in [6.45, 7) is 4.20. The number of ether oxygens (including phenoxy) is 1. The molecule has 1 aromatic carbocycles. The Morgan fingerprint density at radius 2 is 2.11 bits per heavy atom. The third kappa shape index (κ3) is 4.19. The molecule has 2 heteroatoms. The normalized spacial score (nSPS) is 18.8. The van der Waals surface area contributed by atoms with Crippen LogP contribution in [0.3, 0.4) is 0 Å². The minimum absolute atomic E-state index is 0.266. The molecule has 0 aromatic heterocycles. The van der Waals surface area contributed by atoms with Crippen LogP contribution in [0.4, 0.5) is 0 Å². The van der Waals surface area contributed by atoms with Crippen LogP contribution in [0, 0.1) is 0 Å². The molecule has 1 aliphatic rings. The summed E-state index contributed by atoms with van der Waals surface area (Å²) >= 11 is 0. The molecule has 1 atom stereocenters. The number of hydrogen-bond acceptors (Lipinski definition) is 2. The topological polar surface area (TPSA) is 21.3 Å². The second-order valence-corrected chi connectivity index (χ2v) is 4.84. The SMILES string of the molecule is CCCNCc1ccc(OC2C=CCCC2)cc1. The molecule has 0 heterocycles. The molecule has 98 valence electrons. The van der Waals surface area contributed by atoms with Crippen molar-refractivity contribution in [1.82, 2.24) is 5.32 Å². The van der Waals surface area contributed by atoms with Gasteiger partial charge in [-0.25, -0.2) is 0 Å². The zero-order valence-corrected chi connectivity index (χ0v) is 11.2. The summed E-state index contributed by atoms with van der Waals surface area (Å²) in [7, 11) is 0. The summed E-state index contributed by atoms with van der Waals surface area (Å²) in [5.74, 6) is 0.978. The van der Waals surface area contributed by atoms with Crippen LogP contribution in [-0.4, -0.2) is 12.6 Å². The molecule has 2 rings (SSSR count). The van der Waals surface area contributed by atoms with Crippen molar-refractivity contribution in [3.05, 3.63) is 42.0 Å². The van der Waals surface area contributed by atoms with Gasteiger partial charge in [-0.2, -0.15) is 0 Å². The van der Waals surface area contributed by atoms with E-state index in [-0.39, 0.29) is 6.10 Å². The van der Waals surface area contributed by atoms with E-state index < -0.39 is 0 Å². The van der Waals surface area contributed by atoms with Crippen molar-refractivity contribution in [2.75, 3.05) is 6.54 Å². The number of hydrogen-bond donors (Lipinski definition) is 1. The molecule has 2 nitrogen and oxygen atoms in total. The molecule has 0 radical (unpaired) electrons. The molecular weight excluding hydrogens is 222 g/mol. The predicted molar refractivity (Wildman–Crippen MR) is 75.8 cm³/mol. The molecule has 0 amide bonds. The van der Waals surface area contributed by atoms with Crippen molar-refractivity contribution in [1.29, 1.82) is 0 Å². The third-order valence-electron chi connectivity index (χ3n) is 3.18. The quantitative estimate of drug-likeness (QED) is 0.610. The third-order valence-corrected chi connectivity index (χ3v) is 3.18. The van der Waals surface area contributed by atoms with Crippen molar-refractivity contribution in [3.63, 3.8) is 0 Å². The van der Waals surface area contributed by atoms with Gasteiger partial charge in [-0.1, -0.05) is 25.1 Å². The highest BCUT2D eigenvalue weighted by Gasteiger charge is 2.09. The summed E-state index contributed by atoms with van der Waals surface area (Å²) < 4.78 is 5.93. The molecule has 0 fully saturated rings. The summed E-state index contributed by atoms with van der Waals surface area (Å²) in [5.41, 5.74) is 1.31. The molecule has 1 N–H and O–H groups in total. The highest BCUT2D eigenvalue weighted by molar-refractivity contribution is 5.27. The molecule has 0 saturated carbocycles. The highest BCUT2D eigenvalue weighted by atomic mass is 16.5. The lowest BCUT2D eigenvalue weighted by atomic mass is 10.1. The number of allylic oxidation sites excluding steroid dienone is 1. The molecule has 1 aliphatic carbocycles. The average molecular weight is 245 g/mol. The Hall–Kier alpha value is -1.28. The fourth-order valence-electron chi connectivity index (χ4n) is 2.15. The predicted octanol–water partition coefficient (Wildman–Crippen LogP) is 3.67. The standard InChI is InChI=1S/C16H23NO/c1-2-12-17-13-14-8-10-16(11-9-14)18-15-6-4-3-5-7-15/h4,6,8-11,15,17H,2-3,5,7,12-13H2,1H3. The van der Waals surface area contributed by atoms with Gasteiger partial charge in [-0.3, -0.25) is 0 Å². The lowest BCUT2D eigenvalue weighted by Crippen LogP contribution is -2.16. The van der Waals surface area contributed by atoms with Gasteiger partial charge in [0.05, 0.1) is 0 Å². The molecule has 0 aliphatic heterocycles. The smallest absolute Gasteiger partial charge is 0.120 e. The van der Waals surface area contributed by atoms with E-state index >= 15 is 0 Å². The number of rotatable bonds is 6. The maximum atomic E-state index is 5.93. The van der Waals surface area contributed by atoms with Gasteiger partial charge in [0.25, 0.3) is 0 Å². The van der Waals surface area contributed by atoms with E-state index in [1.165, 1.54) is 24.8 Å². The average Bonchev–Trinajstić information content (AvgIpc) is 2.42. The maximum absolute atomic E-state index is 5.93. The van der Waals surface area contributed by atoms with Crippen molar-refractivity contribution in [2.45, 2.75) is 45.3 Å². The van der Waals surface area contributed by atoms with E-state index in [1.54, 1.807) is 0 Å². The van der Waals surface area contributed by atoms with Crippen LogP contribution < -0.4 is 10.1 Å². The first-order valence-corrected chi connectivity index (χ1v) is 7.01. The van der Waals surface area contributed by atoms with Crippen molar-refractivity contribution in [2.24, 2.45) is 0 Å².